The smallest absolute Gasteiger partial charge is 0.282 e. The van der Waals surface area contributed by atoms with E-state index in [9.17, 15) is 9.59 Å². The first kappa shape index (κ1) is 22.1. The zero-order valence-electron chi connectivity index (χ0n) is 19.1. The molecular weight excluding hydrogens is 416 g/mol. The first-order valence-electron chi connectivity index (χ1n) is 10.8. The van der Waals surface area contributed by atoms with E-state index in [-0.39, 0.29) is 11.6 Å². The van der Waals surface area contributed by atoms with Gasteiger partial charge in [-0.15, -0.1) is 0 Å². The number of anilines is 2. The number of amides is 2. The van der Waals surface area contributed by atoms with E-state index in [2.05, 4.69) is 5.32 Å². The van der Waals surface area contributed by atoms with Gasteiger partial charge in [0.15, 0.2) is 0 Å². The minimum atomic E-state index is -0.395. The van der Waals surface area contributed by atoms with Gasteiger partial charge in [0.05, 0.1) is 25.0 Å². The Bertz CT molecular complexity index is 1230. The second kappa shape index (κ2) is 9.20. The van der Waals surface area contributed by atoms with Crippen LogP contribution in [-0.2, 0) is 9.59 Å². The third kappa shape index (κ3) is 4.20. The van der Waals surface area contributed by atoms with E-state index in [0.29, 0.717) is 40.6 Å². The number of carbonyl (C=O) groups is 2. The molecule has 168 valence electrons. The number of aryl methyl sites for hydroxylation is 1. The van der Waals surface area contributed by atoms with Crippen LogP contribution in [0.1, 0.15) is 23.6 Å². The topological polar surface area (TPSA) is 67.9 Å². The van der Waals surface area contributed by atoms with Gasteiger partial charge in [-0.1, -0.05) is 24.3 Å². The average Bonchev–Trinajstić information content (AvgIpc) is 3.06. The Morgan fingerprint density at radius 1 is 0.848 bits per heavy atom. The number of hydrogen-bond donors (Lipinski definition) is 1. The maximum absolute atomic E-state index is 13.6. The van der Waals surface area contributed by atoms with Crippen molar-refractivity contribution >= 4 is 28.8 Å². The van der Waals surface area contributed by atoms with Crippen LogP contribution in [-0.4, -0.2) is 25.5 Å². The third-order valence-corrected chi connectivity index (χ3v) is 5.71. The van der Waals surface area contributed by atoms with Gasteiger partial charge in [0.1, 0.15) is 17.2 Å². The monoisotopic (exact) mass is 442 g/mol. The van der Waals surface area contributed by atoms with Gasteiger partial charge in [-0.25, -0.2) is 4.90 Å². The number of nitrogens with one attached hydrogen (secondary N) is 1. The number of nitrogens with zero attached hydrogens (tertiary/aromatic N) is 1. The number of imide groups is 1. The highest BCUT2D eigenvalue weighted by molar-refractivity contribution is 6.46. The van der Waals surface area contributed by atoms with Gasteiger partial charge in [0, 0.05) is 5.69 Å². The van der Waals surface area contributed by atoms with Gasteiger partial charge in [0.25, 0.3) is 11.8 Å². The number of rotatable bonds is 7. The van der Waals surface area contributed by atoms with Crippen molar-refractivity contribution in [3.63, 3.8) is 0 Å². The fourth-order valence-electron chi connectivity index (χ4n) is 3.81. The highest BCUT2D eigenvalue weighted by Crippen LogP contribution is 2.36. The summed E-state index contributed by atoms with van der Waals surface area (Å²) in [7, 11) is 1.59. The highest BCUT2D eigenvalue weighted by Gasteiger charge is 2.41. The van der Waals surface area contributed by atoms with Gasteiger partial charge < -0.3 is 14.8 Å². The summed E-state index contributed by atoms with van der Waals surface area (Å²) in [6.45, 7) is 6.33. The van der Waals surface area contributed by atoms with Crippen molar-refractivity contribution in [1.29, 1.82) is 0 Å². The molecule has 0 saturated heterocycles. The molecule has 1 aliphatic rings. The van der Waals surface area contributed by atoms with Crippen LogP contribution in [0.15, 0.2) is 72.4 Å². The summed E-state index contributed by atoms with van der Waals surface area (Å²) in [6.07, 6.45) is 0. The second-order valence-corrected chi connectivity index (χ2v) is 7.73. The Morgan fingerprint density at radius 3 is 2.15 bits per heavy atom. The van der Waals surface area contributed by atoms with E-state index >= 15 is 0 Å². The van der Waals surface area contributed by atoms with Gasteiger partial charge in [0.2, 0.25) is 0 Å². The number of ether oxygens (including phenoxy) is 2. The molecule has 1 N–H and O–H groups in total. The number of methoxy groups -OCH3 is 1. The lowest BCUT2D eigenvalue weighted by Gasteiger charge is -2.19. The van der Waals surface area contributed by atoms with Crippen LogP contribution in [0.4, 0.5) is 11.4 Å². The number of benzene rings is 3. The lowest BCUT2D eigenvalue weighted by Crippen LogP contribution is -2.33. The van der Waals surface area contributed by atoms with E-state index in [0.717, 1.165) is 11.1 Å². The molecule has 0 unspecified atom stereocenters. The molecule has 3 aromatic rings. The Hall–Kier alpha value is -4.06. The number of carbonyl (C=O) groups excluding carboxylic acids is 2. The minimum Gasteiger partial charge on any atom is -0.497 e. The SMILES string of the molecule is CCOc1ccc(C2=C(Nc3ccc(OC)cc3)C(=O)N(c3cccc(C)c3C)C2=O)cc1. The van der Waals surface area contributed by atoms with Crippen molar-refractivity contribution in [3.8, 4) is 11.5 Å². The minimum absolute atomic E-state index is 0.232. The van der Waals surface area contributed by atoms with Crippen LogP contribution in [0.25, 0.3) is 5.57 Å². The van der Waals surface area contributed by atoms with E-state index in [1.54, 1.807) is 61.7 Å². The maximum atomic E-state index is 13.6. The van der Waals surface area contributed by atoms with Crippen LogP contribution in [0.2, 0.25) is 0 Å². The molecule has 6 nitrogen and oxygen atoms in total. The molecule has 2 amide bonds. The average molecular weight is 443 g/mol. The predicted molar refractivity (Wildman–Crippen MR) is 130 cm³/mol. The summed E-state index contributed by atoms with van der Waals surface area (Å²) >= 11 is 0. The second-order valence-electron chi connectivity index (χ2n) is 7.73. The molecule has 1 heterocycles. The van der Waals surface area contributed by atoms with E-state index in [1.807, 2.05) is 32.9 Å². The summed E-state index contributed by atoms with van der Waals surface area (Å²) in [5.74, 6) is 0.643. The largest absolute Gasteiger partial charge is 0.497 e. The van der Waals surface area contributed by atoms with E-state index in [1.165, 1.54) is 4.90 Å². The van der Waals surface area contributed by atoms with Crippen LogP contribution in [0.3, 0.4) is 0 Å². The molecule has 33 heavy (non-hydrogen) atoms. The van der Waals surface area contributed by atoms with E-state index in [4.69, 9.17) is 9.47 Å². The standard InChI is InChI=1S/C27H26N2O4/c1-5-33-22-13-9-19(10-14-22)24-25(28-20-11-15-21(32-4)16-12-20)27(31)29(26(24)30)23-8-6-7-17(2)18(23)3/h6-16,28H,5H2,1-4H3. The summed E-state index contributed by atoms with van der Waals surface area (Å²) in [5.41, 5.74) is 4.34. The molecule has 0 aromatic heterocycles. The van der Waals surface area contributed by atoms with Crippen molar-refractivity contribution < 1.29 is 19.1 Å². The molecule has 0 saturated carbocycles. The van der Waals surface area contributed by atoms with Gasteiger partial charge in [-0.3, -0.25) is 9.59 Å². The van der Waals surface area contributed by atoms with E-state index < -0.39 is 5.91 Å². The van der Waals surface area contributed by atoms with Crippen molar-refractivity contribution in [1.82, 2.24) is 0 Å². The zero-order valence-corrected chi connectivity index (χ0v) is 19.1. The fourth-order valence-corrected chi connectivity index (χ4v) is 3.81. The van der Waals surface area contributed by atoms with Gasteiger partial charge in [-0.05, 0) is 79.9 Å². The third-order valence-electron chi connectivity index (χ3n) is 5.71. The molecule has 0 aliphatic carbocycles. The lowest BCUT2D eigenvalue weighted by atomic mass is 10.0. The molecule has 4 rings (SSSR count). The molecule has 0 atom stereocenters. The molecule has 0 spiro atoms. The zero-order chi connectivity index (χ0) is 23.5. The molecule has 0 fully saturated rings. The van der Waals surface area contributed by atoms with Gasteiger partial charge >= 0.3 is 0 Å². The maximum Gasteiger partial charge on any atom is 0.282 e. The fraction of sp³-hybridized carbons (Fsp3) is 0.185. The lowest BCUT2D eigenvalue weighted by molar-refractivity contribution is -0.120. The molecule has 1 aliphatic heterocycles. The van der Waals surface area contributed by atoms with Crippen molar-refractivity contribution in [3.05, 3.63) is 89.1 Å². The van der Waals surface area contributed by atoms with Gasteiger partial charge in [-0.2, -0.15) is 0 Å². The first-order valence-corrected chi connectivity index (χ1v) is 10.8. The normalized spacial score (nSPS) is 13.5. The van der Waals surface area contributed by atoms with Crippen LogP contribution >= 0.6 is 0 Å². The Balaban J connectivity index is 1.80. The summed E-state index contributed by atoms with van der Waals surface area (Å²) in [5, 5.41) is 3.18. The molecular formula is C27H26N2O4. The molecule has 3 aromatic carbocycles. The molecule has 6 heteroatoms. The van der Waals surface area contributed by atoms with Crippen LogP contribution in [0, 0.1) is 13.8 Å². The Kier molecular flexibility index (Phi) is 6.18. The van der Waals surface area contributed by atoms with Crippen LogP contribution < -0.4 is 19.7 Å². The molecule has 0 radical (unpaired) electrons. The van der Waals surface area contributed by atoms with Crippen molar-refractivity contribution in [2.75, 3.05) is 23.9 Å². The van der Waals surface area contributed by atoms with Crippen molar-refractivity contribution in [2.45, 2.75) is 20.8 Å². The highest BCUT2D eigenvalue weighted by atomic mass is 16.5. The quantitative estimate of drug-likeness (QED) is 0.515. The predicted octanol–water partition coefficient (Wildman–Crippen LogP) is 5.11. The molecule has 0 bridgehead atoms. The van der Waals surface area contributed by atoms with Crippen molar-refractivity contribution in [2.24, 2.45) is 0 Å². The Morgan fingerprint density at radius 2 is 1.52 bits per heavy atom. The summed E-state index contributed by atoms with van der Waals surface area (Å²) in [6, 6.07) is 20.0. The van der Waals surface area contributed by atoms with Crippen LogP contribution in [0.5, 0.6) is 11.5 Å². The first-order chi connectivity index (χ1) is 15.9. The Labute approximate surface area is 193 Å². The summed E-state index contributed by atoms with van der Waals surface area (Å²) < 4.78 is 10.7. The summed E-state index contributed by atoms with van der Waals surface area (Å²) in [4.78, 5) is 28.5. The number of hydrogen-bond acceptors (Lipinski definition) is 5.